The molecule has 0 bridgehead atoms. The van der Waals surface area contributed by atoms with Crippen molar-refractivity contribution in [1.82, 2.24) is 9.62 Å². The van der Waals surface area contributed by atoms with Crippen LogP contribution in [0.4, 0.5) is 8.78 Å². The first kappa shape index (κ1) is 20.7. The molecule has 1 heterocycles. The summed E-state index contributed by atoms with van der Waals surface area (Å²) < 4.78 is 60.1. The molecule has 0 radical (unpaired) electrons. The summed E-state index contributed by atoms with van der Waals surface area (Å²) in [6.07, 6.45) is 3.21. The lowest BCUT2D eigenvalue weighted by Crippen LogP contribution is -2.40. The molecular formula is C20H24F2N2O3S. The number of benzene rings is 2. The molecule has 3 rings (SSSR count). The highest BCUT2D eigenvalue weighted by molar-refractivity contribution is 7.89. The Bertz CT molecular complexity index is 895. The van der Waals surface area contributed by atoms with Crippen LogP contribution < -0.4 is 9.46 Å². The van der Waals surface area contributed by atoms with E-state index in [0.29, 0.717) is 11.8 Å². The Kier molecular flexibility index (Phi) is 6.64. The molecule has 1 aliphatic heterocycles. The van der Waals surface area contributed by atoms with Crippen molar-refractivity contribution in [3.8, 4) is 5.75 Å². The molecule has 1 aliphatic rings. The zero-order valence-electron chi connectivity index (χ0n) is 15.7. The molecule has 0 aromatic heterocycles. The van der Waals surface area contributed by atoms with E-state index in [1.165, 1.54) is 0 Å². The predicted molar refractivity (Wildman–Crippen MR) is 103 cm³/mol. The highest BCUT2D eigenvalue weighted by Gasteiger charge is 2.27. The largest absolute Gasteiger partial charge is 0.496 e. The van der Waals surface area contributed by atoms with E-state index >= 15 is 0 Å². The van der Waals surface area contributed by atoms with Crippen molar-refractivity contribution < 1.29 is 21.9 Å². The summed E-state index contributed by atoms with van der Waals surface area (Å²) >= 11 is 0. The molecule has 1 atom stereocenters. The number of piperidine rings is 1. The molecule has 0 amide bonds. The summed E-state index contributed by atoms with van der Waals surface area (Å²) in [5, 5.41) is 0. The number of ether oxygens (including phenoxy) is 1. The first-order valence-corrected chi connectivity index (χ1v) is 10.7. The maximum atomic E-state index is 13.5. The standard InChI is InChI=1S/C20H24F2N2O3S/c1-27-20-8-4-3-7-18(20)19(24-9-5-2-6-10-24)14-23-28(25,26)17-12-15(21)11-16(22)13-17/h3-4,7-8,11-13,19,23H,2,5-6,9-10,14H2,1H3. The van der Waals surface area contributed by atoms with Gasteiger partial charge in [-0.05, 0) is 44.1 Å². The Morgan fingerprint density at radius 1 is 1.07 bits per heavy atom. The lowest BCUT2D eigenvalue weighted by atomic mass is 10.0. The number of likely N-dealkylation sites (tertiary alicyclic amines) is 1. The van der Waals surface area contributed by atoms with Gasteiger partial charge in [-0.15, -0.1) is 0 Å². The van der Waals surface area contributed by atoms with Crippen LogP contribution in [0.15, 0.2) is 47.4 Å². The SMILES string of the molecule is COc1ccccc1C(CNS(=O)(=O)c1cc(F)cc(F)c1)N1CCCCC1. The quantitative estimate of drug-likeness (QED) is 0.759. The first-order valence-electron chi connectivity index (χ1n) is 9.23. The predicted octanol–water partition coefficient (Wildman–Crippen LogP) is 3.48. The van der Waals surface area contributed by atoms with E-state index in [9.17, 15) is 17.2 Å². The highest BCUT2D eigenvalue weighted by Crippen LogP contribution is 2.31. The lowest BCUT2D eigenvalue weighted by molar-refractivity contribution is 0.162. The average Bonchev–Trinajstić information content (AvgIpc) is 2.68. The highest BCUT2D eigenvalue weighted by atomic mass is 32.2. The number of rotatable bonds is 7. The third-order valence-electron chi connectivity index (χ3n) is 4.94. The minimum absolute atomic E-state index is 0.0703. The van der Waals surface area contributed by atoms with Crippen LogP contribution in [-0.2, 0) is 10.0 Å². The third kappa shape index (κ3) is 4.87. The fourth-order valence-corrected chi connectivity index (χ4v) is 4.64. The zero-order valence-corrected chi connectivity index (χ0v) is 16.5. The Balaban J connectivity index is 1.87. The molecule has 0 aliphatic carbocycles. The van der Waals surface area contributed by atoms with Crippen molar-refractivity contribution in [2.45, 2.75) is 30.2 Å². The number of sulfonamides is 1. The Morgan fingerprint density at radius 2 is 1.71 bits per heavy atom. The monoisotopic (exact) mass is 410 g/mol. The van der Waals surface area contributed by atoms with Gasteiger partial charge < -0.3 is 4.74 Å². The molecule has 152 valence electrons. The van der Waals surface area contributed by atoms with Crippen LogP contribution in [0.2, 0.25) is 0 Å². The van der Waals surface area contributed by atoms with Crippen molar-refractivity contribution in [2.24, 2.45) is 0 Å². The molecule has 0 saturated carbocycles. The summed E-state index contributed by atoms with van der Waals surface area (Å²) in [7, 11) is -2.49. The minimum Gasteiger partial charge on any atom is -0.496 e. The smallest absolute Gasteiger partial charge is 0.240 e. The van der Waals surface area contributed by atoms with Crippen molar-refractivity contribution >= 4 is 10.0 Å². The fraction of sp³-hybridized carbons (Fsp3) is 0.400. The van der Waals surface area contributed by atoms with Crippen LogP contribution in [0.25, 0.3) is 0 Å². The molecule has 8 heteroatoms. The van der Waals surface area contributed by atoms with Gasteiger partial charge in [-0.2, -0.15) is 0 Å². The van der Waals surface area contributed by atoms with E-state index in [4.69, 9.17) is 4.74 Å². The number of para-hydroxylation sites is 1. The molecule has 2 aromatic carbocycles. The van der Waals surface area contributed by atoms with E-state index in [0.717, 1.165) is 50.0 Å². The first-order chi connectivity index (χ1) is 13.4. The summed E-state index contributed by atoms with van der Waals surface area (Å²) in [5.74, 6) is -1.19. The van der Waals surface area contributed by atoms with Gasteiger partial charge in [-0.3, -0.25) is 4.90 Å². The fourth-order valence-electron chi connectivity index (χ4n) is 3.56. The summed E-state index contributed by atoms with van der Waals surface area (Å²) in [5.41, 5.74) is 0.875. The van der Waals surface area contributed by atoms with E-state index < -0.39 is 26.6 Å². The van der Waals surface area contributed by atoms with Crippen LogP contribution in [0.1, 0.15) is 30.9 Å². The van der Waals surface area contributed by atoms with Crippen LogP contribution in [0.3, 0.4) is 0 Å². The van der Waals surface area contributed by atoms with Crippen LogP contribution in [0.5, 0.6) is 5.75 Å². The molecular weight excluding hydrogens is 386 g/mol. The molecule has 2 aromatic rings. The second-order valence-corrected chi connectivity index (χ2v) is 8.58. The maximum absolute atomic E-state index is 13.5. The van der Waals surface area contributed by atoms with Gasteiger partial charge in [-0.25, -0.2) is 21.9 Å². The van der Waals surface area contributed by atoms with E-state index in [1.807, 2.05) is 24.3 Å². The van der Waals surface area contributed by atoms with E-state index in [-0.39, 0.29) is 12.6 Å². The molecule has 1 N–H and O–H groups in total. The van der Waals surface area contributed by atoms with Crippen molar-refractivity contribution in [1.29, 1.82) is 0 Å². The van der Waals surface area contributed by atoms with Crippen LogP contribution in [0, 0.1) is 11.6 Å². The number of nitrogens with zero attached hydrogens (tertiary/aromatic N) is 1. The Morgan fingerprint density at radius 3 is 2.36 bits per heavy atom. The van der Waals surface area contributed by atoms with Crippen molar-refractivity contribution in [2.75, 3.05) is 26.7 Å². The third-order valence-corrected chi connectivity index (χ3v) is 6.35. The number of halogens is 2. The zero-order chi connectivity index (χ0) is 20.1. The molecule has 1 fully saturated rings. The normalized spacial score (nSPS) is 16.7. The molecule has 28 heavy (non-hydrogen) atoms. The van der Waals surface area contributed by atoms with E-state index in [1.54, 1.807) is 7.11 Å². The van der Waals surface area contributed by atoms with Gasteiger partial charge in [0.15, 0.2) is 0 Å². The Labute approximate surface area is 164 Å². The number of hydrogen-bond acceptors (Lipinski definition) is 4. The maximum Gasteiger partial charge on any atom is 0.240 e. The van der Waals surface area contributed by atoms with Crippen molar-refractivity contribution in [3.63, 3.8) is 0 Å². The number of methoxy groups -OCH3 is 1. The second kappa shape index (κ2) is 8.98. The molecule has 0 spiro atoms. The average molecular weight is 410 g/mol. The van der Waals surface area contributed by atoms with Gasteiger partial charge in [0.2, 0.25) is 10.0 Å². The summed E-state index contributed by atoms with van der Waals surface area (Å²) in [6.45, 7) is 1.76. The Hall–Kier alpha value is -2.03. The molecule has 1 unspecified atom stereocenters. The molecule has 1 saturated heterocycles. The van der Waals surface area contributed by atoms with E-state index in [2.05, 4.69) is 9.62 Å². The molecule has 5 nitrogen and oxygen atoms in total. The summed E-state index contributed by atoms with van der Waals surface area (Å²) in [6, 6.07) is 9.50. The number of nitrogens with one attached hydrogen (secondary N) is 1. The lowest BCUT2D eigenvalue weighted by Gasteiger charge is -2.35. The van der Waals surface area contributed by atoms with Crippen molar-refractivity contribution in [3.05, 3.63) is 59.7 Å². The van der Waals surface area contributed by atoms with Gasteiger partial charge in [0.05, 0.1) is 18.0 Å². The van der Waals surface area contributed by atoms with Gasteiger partial charge >= 0.3 is 0 Å². The van der Waals surface area contributed by atoms with Gasteiger partial charge in [0.25, 0.3) is 0 Å². The summed E-state index contributed by atoms with van der Waals surface area (Å²) in [4.78, 5) is 1.79. The van der Waals surface area contributed by atoms with Gasteiger partial charge in [0, 0.05) is 18.2 Å². The number of hydrogen-bond donors (Lipinski definition) is 1. The second-order valence-electron chi connectivity index (χ2n) is 6.81. The van der Waals surface area contributed by atoms with Gasteiger partial charge in [-0.1, -0.05) is 24.6 Å². The van der Waals surface area contributed by atoms with Gasteiger partial charge in [0.1, 0.15) is 17.4 Å². The topological polar surface area (TPSA) is 58.6 Å². The van der Waals surface area contributed by atoms with Crippen LogP contribution >= 0.6 is 0 Å². The van der Waals surface area contributed by atoms with Crippen LogP contribution in [-0.4, -0.2) is 40.1 Å². The minimum atomic E-state index is -4.06.